The normalized spacial score (nSPS) is 10.7. The molecule has 3 rings (SSSR count). The molecule has 98 valence electrons. The lowest BCUT2D eigenvalue weighted by atomic mass is 10.1. The van der Waals surface area contributed by atoms with E-state index >= 15 is 0 Å². The highest BCUT2D eigenvalue weighted by atomic mass is 32.2. The van der Waals surface area contributed by atoms with Gasteiger partial charge in [-0.1, -0.05) is 42.1 Å². The quantitative estimate of drug-likeness (QED) is 0.657. The molecule has 0 fully saturated rings. The van der Waals surface area contributed by atoms with E-state index in [4.69, 9.17) is 0 Å². The fraction of sp³-hybridized carbons (Fsp3) is 0.0588. The number of fused-ring (bicyclic) bond motifs is 1. The maximum atomic E-state index is 11.2. The molecule has 3 aromatic rings. The topological polar surface area (TPSA) is 30.0 Å². The molecule has 0 aliphatic rings. The van der Waals surface area contributed by atoms with Crippen molar-refractivity contribution in [2.75, 3.05) is 0 Å². The zero-order valence-corrected chi connectivity index (χ0v) is 11.9. The summed E-state index contributed by atoms with van der Waals surface area (Å²) < 4.78 is 0. The smallest absolute Gasteiger partial charge is 0.178 e. The lowest BCUT2D eigenvalue weighted by molar-refractivity contribution is 0.101. The van der Waals surface area contributed by atoms with Gasteiger partial charge in [0.05, 0.1) is 0 Å². The summed E-state index contributed by atoms with van der Waals surface area (Å²) in [7, 11) is 0. The number of carbonyl (C=O) groups excluding carboxylic acids is 1. The maximum absolute atomic E-state index is 11.2. The van der Waals surface area contributed by atoms with E-state index in [1.54, 1.807) is 24.0 Å². The van der Waals surface area contributed by atoms with Crippen LogP contribution in [-0.2, 0) is 0 Å². The Bertz CT molecular complexity index is 765. The lowest BCUT2D eigenvalue weighted by Gasteiger charge is -2.04. The highest BCUT2D eigenvalue weighted by Crippen LogP contribution is 2.29. The van der Waals surface area contributed by atoms with Crippen LogP contribution in [0.3, 0.4) is 0 Å². The Labute approximate surface area is 121 Å². The Morgan fingerprint density at radius 2 is 1.70 bits per heavy atom. The maximum Gasteiger partial charge on any atom is 0.178 e. The molecule has 3 heteroatoms. The van der Waals surface area contributed by atoms with Gasteiger partial charge in [0.1, 0.15) is 5.69 Å². The van der Waals surface area contributed by atoms with Crippen molar-refractivity contribution in [1.82, 2.24) is 4.98 Å². The number of hydrogen-bond donors (Lipinski definition) is 0. The van der Waals surface area contributed by atoms with E-state index in [2.05, 4.69) is 35.3 Å². The van der Waals surface area contributed by atoms with E-state index in [-0.39, 0.29) is 5.78 Å². The molecule has 0 aliphatic heterocycles. The Balaban J connectivity index is 1.87. The number of pyridine rings is 1. The van der Waals surface area contributed by atoms with Gasteiger partial charge in [-0.25, -0.2) is 0 Å². The third kappa shape index (κ3) is 2.73. The van der Waals surface area contributed by atoms with Crippen molar-refractivity contribution < 1.29 is 4.79 Å². The summed E-state index contributed by atoms with van der Waals surface area (Å²) in [4.78, 5) is 17.6. The molecule has 0 bridgehead atoms. The average Bonchev–Trinajstić information content (AvgIpc) is 2.48. The zero-order valence-electron chi connectivity index (χ0n) is 11.0. The highest BCUT2D eigenvalue weighted by Gasteiger charge is 2.03. The number of carbonyl (C=O) groups is 1. The summed E-state index contributed by atoms with van der Waals surface area (Å²) in [6.07, 6.45) is 1.75. The molecule has 0 saturated carbocycles. The van der Waals surface area contributed by atoms with Crippen molar-refractivity contribution >= 4 is 28.3 Å². The molecule has 0 saturated heterocycles. The van der Waals surface area contributed by atoms with Crippen LogP contribution in [0.4, 0.5) is 0 Å². The SMILES string of the molecule is CC(=O)c1ccc(Sc2ccc3ccccc3c2)cn1. The Hall–Kier alpha value is -2.13. The van der Waals surface area contributed by atoms with Gasteiger partial charge in [-0.2, -0.15) is 0 Å². The average molecular weight is 279 g/mol. The second-order valence-electron chi connectivity index (χ2n) is 4.55. The molecule has 0 unspecified atom stereocenters. The summed E-state index contributed by atoms with van der Waals surface area (Å²) in [5.74, 6) is -0.00717. The minimum Gasteiger partial charge on any atom is -0.293 e. The molecule has 2 nitrogen and oxygen atoms in total. The first-order valence-electron chi connectivity index (χ1n) is 6.36. The predicted octanol–water partition coefficient (Wildman–Crippen LogP) is 4.59. The fourth-order valence-corrected chi connectivity index (χ4v) is 2.85. The van der Waals surface area contributed by atoms with E-state index in [0.29, 0.717) is 5.69 Å². The molecule has 2 aromatic carbocycles. The van der Waals surface area contributed by atoms with E-state index in [9.17, 15) is 4.79 Å². The van der Waals surface area contributed by atoms with Crippen molar-refractivity contribution in [3.05, 3.63) is 66.5 Å². The van der Waals surface area contributed by atoms with Crippen molar-refractivity contribution in [3.63, 3.8) is 0 Å². The first-order valence-corrected chi connectivity index (χ1v) is 7.18. The molecule has 1 aromatic heterocycles. The number of Topliss-reactive ketones (excluding diaryl/α,β-unsaturated/α-hetero) is 1. The summed E-state index contributed by atoms with van der Waals surface area (Å²) in [5, 5.41) is 2.47. The molecule has 1 heterocycles. The van der Waals surface area contributed by atoms with Gasteiger partial charge in [0.15, 0.2) is 5.78 Å². The van der Waals surface area contributed by atoms with Gasteiger partial charge in [0.25, 0.3) is 0 Å². The summed E-state index contributed by atoms with van der Waals surface area (Å²) in [6, 6.07) is 18.4. The summed E-state index contributed by atoms with van der Waals surface area (Å²) in [5.41, 5.74) is 0.507. The Morgan fingerprint density at radius 3 is 2.40 bits per heavy atom. The minimum absolute atomic E-state index is 0.00717. The fourth-order valence-electron chi connectivity index (χ4n) is 2.02. The van der Waals surface area contributed by atoms with Crippen LogP contribution >= 0.6 is 11.8 Å². The number of nitrogens with zero attached hydrogens (tertiary/aromatic N) is 1. The second kappa shape index (κ2) is 5.47. The lowest BCUT2D eigenvalue weighted by Crippen LogP contribution is -1.95. The van der Waals surface area contributed by atoms with E-state index in [0.717, 1.165) is 4.90 Å². The Kier molecular flexibility index (Phi) is 3.52. The van der Waals surface area contributed by atoms with Crippen LogP contribution < -0.4 is 0 Å². The van der Waals surface area contributed by atoms with Gasteiger partial charge in [-0.05, 0) is 35.0 Å². The zero-order chi connectivity index (χ0) is 13.9. The molecule has 0 aliphatic carbocycles. The molecule has 20 heavy (non-hydrogen) atoms. The largest absolute Gasteiger partial charge is 0.293 e. The minimum atomic E-state index is -0.00717. The van der Waals surface area contributed by atoms with Gasteiger partial charge in [-0.15, -0.1) is 0 Å². The van der Waals surface area contributed by atoms with Crippen LogP contribution in [0.25, 0.3) is 10.8 Å². The first kappa shape index (κ1) is 12.9. The molecule has 0 spiro atoms. The molecule has 0 atom stereocenters. The van der Waals surface area contributed by atoms with E-state index < -0.39 is 0 Å². The standard InChI is InChI=1S/C17H13NOS/c1-12(19)17-9-8-16(11-18-17)20-15-7-6-13-4-2-3-5-14(13)10-15/h2-11H,1H3. The summed E-state index contributed by atoms with van der Waals surface area (Å²) in [6.45, 7) is 1.53. The highest BCUT2D eigenvalue weighted by molar-refractivity contribution is 7.99. The van der Waals surface area contributed by atoms with Crippen LogP contribution in [0.1, 0.15) is 17.4 Å². The molecule has 0 N–H and O–H groups in total. The van der Waals surface area contributed by atoms with Crippen molar-refractivity contribution in [3.8, 4) is 0 Å². The van der Waals surface area contributed by atoms with Crippen molar-refractivity contribution in [1.29, 1.82) is 0 Å². The van der Waals surface area contributed by atoms with Crippen LogP contribution in [-0.4, -0.2) is 10.8 Å². The van der Waals surface area contributed by atoms with Crippen LogP contribution in [0, 0.1) is 0 Å². The van der Waals surface area contributed by atoms with Crippen molar-refractivity contribution in [2.24, 2.45) is 0 Å². The van der Waals surface area contributed by atoms with Crippen LogP contribution in [0.2, 0.25) is 0 Å². The molecular weight excluding hydrogens is 266 g/mol. The van der Waals surface area contributed by atoms with Gasteiger partial charge in [0.2, 0.25) is 0 Å². The molecular formula is C17H13NOS. The monoisotopic (exact) mass is 279 g/mol. The van der Waals surface area contributed by atoms with Gasteiger partial charge < -0.3 is 0 Å². The number of rotatable bonds is 3. The number of benzene rings is 2. The predicted molar refractivity (Wildman–Crippen MR) is 82.3 cm³/mol. The van der Waals surface area contributed by atoms with Gasteiger partial charge >= 0.3 is 0 Å². The second-order valence-corrected chi connectivity index (χ2v) is 5.69. The van der Waals surface area contributed by atoms with Crippen molar-refractivity contribution in [2.45, 2.75) is 16.7 Å². The third-order valence-electron chi connectivity index (χ3n) is 3.05. The molecule has 0 amide bonds. The summed E-state index contributed by atoms with van der Waals surface area (Å²) >= 11 is 1.65. The third-order valence-corrected chi connectivity index (χ3v) is 4.02. The number of ketones is 1. The van der Waals surface area contributed by atoms with Crippen LogP contribution in [0.15, 0.2) is 70.6 Å². The van der Waals surface area contributed by atoms with Crippen LogP contribution in [0.5, 0.6) is 0 Å². The number of hydrogen-bond acceptors (Lipinski definition) is 3. The first-order chi connectivity index (χ1) is 9.72. The van der Waals surface area contributed by atoms with Gasteiger partial charge in [0, 0.05) is 22.9 Å². The Morgan fingerprint density at radius 1 is 0.950 bits per heavy atom. The van der Waals surface area contributed by atoms with Gasteiger partial charge in [-0.3, -0.25) is 9.78 Å². The molecule has 0 radical (unpaired) electrons. The van der Waals surface area contributed by atoms with E-state index in [1.165, 1.54) is 22.6 Å². The van der Waals surface area contributed by atoms with E-state index in [1.807, 2.05) is 18.2 Å². The number of aromatic nitrogens is 1.